The van der Waals surface area contributed by atoms with Gasteiger partial charge in [-0.15, -0.1) is 0 Å². The van der Waals surface area contributed by atoms with E-state index in [-0.39, 0.29) is 11.8 Å². The fourth-order valence-electron chi connectivity index (χ4n) is 4.31. The number of amides is 2. The standard InChI is InChI=1S/C23H22ClN3O3/c24-15-5-7-19-18(10-15)21(23(29)26-19)22-17-11-16(6-4-14(17)13-30-22)25-20(28)12-27-8-2-1-3-9-27/h4-7,10-11H,1-3,8-9,12-13H2,(H,25,28)(H,26,29)/b22-21-. The van der Waals surface area contributed by atoms with Crippen molar-refractivity contribution < 1.29 is 14.3 Å². The summed E-state index contributed by atoms with van der Waals surface area (Å²) in [5.74, 6) is 0.283. The summed E-state index contributed by atoms with van der Waals surface area (Å²) in [6, 6.07) is 11.0. The first-order valence-electron chi connectivity index (χ1n) is 10.2. The van der Waals surface area contributed by atoms with Gasteiger partial charge in [-0.3, -0.25) is 14.5 Å². The first-order valence-corrected chi connectivity index (χ1v) is 10.6. The van der Waals surface area contributed by atoms with Gasteiger partial charge in [0, 0.05) is 33.1 Å². The van der Waals surface area contributed by atoms with Crippen LogP contribution in [-0.4, -0.2) is 36.3 Å². The molecule has 2 N–H and O–H groups in total. The summed E-state index contributed by atoms with van der Waals surface area (Å²) in [6.45, 7) is 2.73. The lowest BCUT2D eigenvalue weighted by molar-refractivity contribution is -0.117. The van der Waals surface area contributed by atoms with Gasteiger partial charge < -0.3 is 15.4 Å². The summed E-state index contributed by atoms with van der Waals surface area (Å²) in [7, 11) is 0. The van der Waals surface area contributed by atoms with E-state index in [2.05, 4.69) is 15.5 Å². The second kappa shape index (κ2) is 7.78. The minimum atomic E-state index is -0.213. The van der Waals surface area contributed by atoms with Gasteiger partial charge in [-0.05, 0) is 56.3 Å². The minimum Gasteiger partial charge on any atom is -0.487 e. The molecule has 2 aromatic carbocycles. The highest BCUT2D eigenvalue weighted by Crippen LogP contribution is 2.42. The molecule has 30 heavy (non-hydrogen) atoms. The Morgan fingerprint density at radius 1 is 1.10 bits per heavy atom. The first kappa shape index (κ1) is 19.2. The van der Waals surface area contributed by atoms with Crippen molar-refractivity contribution in [3.05, 3.63) is 58.1 Å². The van der Waals surface area contributed by atoms with Gasteiger partial charge in [0.15, 0.2) is 0 Å². The second-order valence-corrected chi connectivity index (χ2v) is 8.33. The molecular formula is C23H22ClN3O3. The molecule has 0 saturated carbocycles. The molecule has 3 aliphatic heterocycles. The third kappa shape index (κ3) is 3.57. The summed E-state index contributed by atoms with van der Waals surface area (Å²) >= 11 is 6.15. The van der Waals surface area contributed by atoms with Gasteiger partial charge in [-0.25, -0.2) is 0 Å². The number of anilines is 2. The number of hydrogen-bond donors (Lipinski definition) is 2. The average Bonchev–Trinajstić information content (AvgIpc) is 3.27. The third-order valence-electron chi connectivity index (χ3n) is 5.78. The normalized spacial score (nSPS) is 20.4. The van der Waals surface area contributed by atoms with Crippen molar-refractivity contribution in [2.45, 2.75) is 25.9 Å². The molecule has 0 bridgehead atoms. The smallest absolute Gasteiger partial charge is 0.260 e. The molecule has 0 aliphatic carbocycles. The minimum absolute atomic E-state index is 0.0271. The number of hydrogen-bond acceptors (Lipinski definition) is 4. The van der Waals surface area contributed by atoms with E-state index in [1.807, 2.05) is 18.2 Å². The Kier molecular flexibility index (Phi) is 4.97. The predicted octanol–water partition coefficient (Wildman–Crippen LogP) is 4.12. The van der Waals surface area contributed by atoms with Crippen LogP contribution >= 0.6 is 11.6 Å². The van der Waals surface area contributed by atoms with E-state index in [9.17, 15) is 9.59 Å². The van der Waals surface area contributed by atoms with Crippen LogP contribution in [0.2, 0.25) is 5.02 Å². The van der Waals surface area contributed by atoms with Gasteiger partial charge >= 0.3 is 0 Å². The Morgan fingerprint density at radius 3 is 2.77 bits per heavy atom. The van der Waals surface area contributed by atoms with Crippen molar-refractivity contribution >= 4 is 46.1 Å². The van der Waals surface area contributed by atoms with Gasteiger partial charge in [-0.2, -0.15) is 0 Å². The maximum absolute atomic E-state index is 12.7. The van der Waals surface area contributed by atoms with Crippen LogP contribution in [0.25, 0.3) is 11.3 Å². The number of rotatable bonds is 3. The Morgan fingerprint density at radius 2 is 1.93 bits per heavy atom. The lowest BCUT2D eigenvalue weighted by atomic mass is 10.00. The molecule has 0 spiro atoms. The number of carbonyl (C=O) groups is 2. The molecule has 3 heterocycles. The molecule has 2 aromatic rings. The summed E-state index contributed by atoms with van der Waals surface area (Å²) in [5.41, 5.74) is 4.43. The summed E-state index contributed by atoms with van der Waals surface area (Å²) in [5, 5.41) is 6.41. The van der Waals surface area contributed by atoms with Crippen LogP contribution in [0.15, 0.2) is 36.4 Å². The van der Waals surface area contributed by atoms with Gasteiger partial charge in [0.05, 0.1) is 12.1 Å². The van der Waals surface area contributed by atoms with Crippen LogP contribution in [-0.2, 0) is 20.9 Å². The fraction of sp³-hybridized carbons (Fsp3) is 0.304. The maximum Gasteiger partial charge on any atom is 0.260 e. The Hall–Kier alpha value is -2.83. The van der Waals surface area contributed by atoms with Crippen molar-refractivity contribution in [2.24, 2.45) is 0 Å². The number of nitrogens with one attached hydrogen (secondary N) is 2. The number of nitrogens with zero attached hydrogens (tertiary/aromatic N) is 1. The van der Waals surface area contributed by atoms with Crippen LogP contribution in [0.1, 0.15) is 36.0 Å². The monoisotopic (exact) mass is 423 g/mol. The first-order chi connectivity index (χ1) is 14.6. The Balaban J connectivity index is 1.43. The third-order valence-corrected chi connectivity index (χ3v) is 6.01. The number of ether oxygens (including phenoxy) is 1. The molecular weight excluding hydrogens is 402 g/mol. The van der Waals surface area contributed by atoms with E-state index in [1.165, 1.54) is 6.42 Å². The van der Waals surface area contributed by atoms with E-state index in [1.54, 1.807) is 18.2 Å². The van der Waals surface area contributed by atoms with E-state index < -0.39 is 0 Å². The zero-order valence-corrected chi connectivity index (χ0v) is 17.2. The van der Waals surface area contributed by atoms with Gasteiger partial charge in [-0.1, -0.05) is 24.1 Å². The molecule has 0 radical (unpaired) electrons. The van der Waals surface area contributed by atoms with E-state index in [4.69, 9.17) is 16.3 Å². The molecule has 0 atom stereocenters. The van der Waals surface area contributed by atoms with Crippen molar-refractivity contribution in [1.29, 1.82) is 0 Å². The van der Waals surface area contributed by atoms with Crippen LogP contribution in [0.4, 0.5) is 11.4 Å². The average molecular weight is 424 g/mol. The topological polar surface area (TPSA) is 70.7 Å². The maximum atomic E-state index is 12.7. The quantitative estimate of drug-likeness (QED) is 0.729. The number of piperidine rings is 1. The number of carbonyl (C=O) groups excluding carboxylic acids is 2. The van der Waals surface area contributed by atoms with E-state index in [0.29, 0.717) is 35.2 Å². The largest absolute Gasteiger partial charge is 0.487 e. The molecule has 3 aliphatic rings. The Labute approximate surface area is 179 Å². The van der Waals surface area contributed by atoms with E-state index >= 15 is 0 Å². The molecule has 1 saturated heterocycles. The molecule has 5 rings (SSSR count). The van der Waals surface area contributed by atoms with Crippen molar-refractivity contribution in [2.75, 3.05) is 30.3 Å². The second-order valence-electron chi connectivity index (χ2n) is 7.89. The summed E-state index contributed by atoms with van der Waals surface area (Å²) in [4.78, 5) is 27.3. The lowest BCUT2D eigenvalue weighted by Gasteiger charge is -2.25. The molecule has 2 amide bonds. The number of halogens is 1. The van der Waals surface area contributed by atoms with Crippen molar-refractivity contribution in [3.63, 3.8) is 0 Å². The SMILES string of the molecule is O=C(CN1CCCCC1)Nc1ccc2c(c1)/C(=C1/C(=O)Nc3ccc(Cl)cc31)OC2. The molecule has 6 nitrogen and oxygen atoms in total. The number of benzene rings is 2. The number of fused-ring (bicyclic) bond motifs is 2. The molecule has 0 aromatic heterocycles. The van der Waals surface area contributed by atoms with Crippen LogP contribution in [0.5, 0.6) is 0 Å². The van der Waals surface area contributed by atoms with Gasteiger partial charge in [0.1, 0.15) is 12.4 Å². The van der Waals surface area contributed by atoms with Crippen molar-refractivity contribution in [1.82, 2.24) is 4.90 Å². The highest BCUT2D eigenvalue weighted by molar-refractivity contribution is 6.38. The fourth-order valence-corrected chi connectivity index (χ4v) is 4.48. The van der Waals surface area contributed by atoms with E-state index in [0.717, 1.165) is 48.3 Å². The predicted molar refractivity (Wildman–Crippen MR) is 117 cm³/mol. The molecule has 7 heteroatoms. The molecule has 154 valence electrons. The van der Waals surface area contributed by atoms with Gasteiger partial charge in [0.25, 0.3) is 5.91 Å². The molecule has 1 fully saturated rings. The van der Waals surface area contributed by atoms with Gasteiger partial charge in [0.2, 0.25) is 5.91 Å². The van der Waals surface area contributed by atoms with Crippen molar-refractivity contribution in [3.8, 4) is 0 Å². The summed E-state index contributed by atoms with van der Waals surface area (Å²) in [6.07, 6.45) is 3.53. The zero-order chi connectivity index (χ0) is 20.7. The van der Waals surface area contributed by atoms with Crippen LogP contribution < -0.4 is 10.6 Å². The van der Waals surface area contributed by atoms with Crippen LogP contribution in [0.3, 0.4) is 0 Å². The Bertz CT molecular complexity index is 1070. The number of likely N-dealkylation sites (tertiary alicyclic amines) is 1. The van der Waals surface area contributed by atoms with Crippen LogP contribution in [0, 0.1) is 0 Å². The highest BCUT2D eigenvalue weighted by atomic mass is 35.5. The summed E-state index contributed by atoms with van der Waals surface area (Å²) < 4.78 is 5.91. The lowest BCUT2D eigenvalue weighted by Crippen LogP contribution is -2.36. The zero-order valence-electron chi connectivity index (χ0n) is 16.5. The highest BCUT2D eigenvalue weighted by Gasteiger charge is 2.32. The molecule has 0 unspecified atom stereocenters.